The third kappa shape index (κ3) is 4.13. The summed E-state index contributed by atoms with van der Waals surface area (Å²) in [6, 6.07) is 18.9. The molecule has 0 bridgehead atoms. The molecule has 9 heteroatoms. The number of anilines is 2. The standard InChI is InChI=1S/C20H17ClN4O3S/c21-15-7-1-2-8-16(15)28-17-9-4-10-18-19(17)24-20(25-29(18,26)27)23-12-13-5-3-6-14(22)11-13/h1-11H,12,22H2,(H2,23,24,25). The molecule has 1 aliphatic rings. The minimum absolute atomic E-state index is 0.0601. The zero-order valence-corrected chi connectivity index (χ0v) is 16.7. The zero-order chi connectivity index (χ0) is 20.4. The molecule has 0 fully saturated rings. The lowest BCUT2D eigenvalue weighted by molar-refractivity contribution is 0.483. The number of nitrogens with two attached hydrogens (primary N) is 1. The number of nitrogens with zero attached hydrogens (tertiary/aromatic N) is 1. The van der Waals surface area contributed by atoms with Crippen LogP contribution in [0.5, 0.6) is 11.5 Å². The molecule has 1 heterocycles. The number of sulfonamides is 1. The Hall–Kier alpha value is -3.23. The number of halogens is 1. The van der Waals surface area contributed by atoms with Crippen molar-refractivity contribution in [2.45, 2.75) is 11.4 Å². The van der Waals surface area contributed by atoms with Crippen LogP contribution in [0.3, 0.4) is 0 Å². The van der Waals surface area contributed by atoms with Crippen molar-refractivity contribution in [1.82, 2.24) is 4.72 Å². The largest absolute Gasteiger partial charge is 0.454 e. The summed E-state index contributed by atoms with van der Waals surface area (Å²) >= 11 is 6.16. The van der Waals surface area contributed by atoms with Gasteiger partial charge in [0.25, 0.3) is 10.0 Å². The highest BCUT2D eigenvalue weighted by Crippen LogP contribution is 2.38. The second-order valence-corrected chi connectivity index (χ2v) is 8.36. The molecule has 3 aromatic carbocycles. The van der Waals surface area contributed by atoms with Crippen molar-refractivity contribution in [3.63, 3.8) is 0 Å². The maximum absolute atomic E-state index is 12.7. The maximum atomic E-state index is 12.7. The summed E-state index contributed by atoms with van der Waals surface area (Å²) in [6.07, 6.45) is 0. The molecule has 3 aromatic rings. The number of ether oxygens (including phenoxy) is 1. The van der Waals surface area contributed by atoms with Crippen molar-refractivity contribution in [3.8, 4) is 11.5 Å². The fraction of sp³-hybridized carbons (Fsp3) is 0.0500. The van der Waals surface area contributed by atoms with Gasteiger partial charge in [-0.1, -0.05) is 41.9 Å². The first kappa shape index (κ1) is 19.1. The summed E-state index contributed by atoms with van der Waals surface area (Å²) in [5.74, 6) is 0.825. The molecule has 0 saturated carbocycles. The van der Waals surface area contributed by atoms with Crippen LogP contribution >= 0.6 is 11.6 Å². The summed E-state index contributed by atoms with van der Waals surface area (Å²) in [4.78, 5) is 4.39. The highest BCUT2D eigenvalue weighted by Gasteiger charge is 2.29. The maximum Gasteiger partial charge on any atom is 0.266 e. The minimum atomic E-state index is -3.81. The highest BCUT2D eigenvalue weighted by atomic mass is 35.5. The molecule has 0 amide bonds. The summed E-state index contributed by atoms with van der Waals surface area (Å²) in [5.41, 5.74) is 7.53. The summed E-state index contributed by atoms with van der Waals surface area (Å²) in [7, 11) is -3.81. The summed E-state index contributed by atoms with van der Waals surface area (Å²) in [6.45, 7) is 0.249. The fourth-order valence-corrected chi connectivity index (χ4v) is 4.18. The van der Waals surface area contributed by atoms with Crippen LogP contribution in [0, 0.1) is 0 Å². The van der Waals surface area contributed by atoms with E-state index in [1.807, 2.05) is 12.1 Å². The number of hydrogen-bond donors (Lipinski definition) is 3. The van der Waals surface area contributed by atoms with Gasteiger partial charge in [0, 0.05) is 5.69 Å². The first-order valence-corrected chi connectivity index (χ1v) is 10.5. The molecule has 148 valence electrons. The number of rotatable bonds is 4. The van der Waals surface area contributed by atoms with Crippen LogP contribution in [0.2, 0.25) is 5.02 Å². The molecule has 0 aliphatic carbocycles. The Balaban J connectivity index is 1.68. The van der Waals surface area contributed by atoms with Crippen molar-refractivity contribution >= 4 is 39.0 Å². The molecule has 1 aliphatic heterocycles. The molecular formula is C20H17ClN4O3S. The predicted molar refractivity (Wildman–Crippen MR) is 114 cm³/mol. The quantitative estimate of drug-likeness (QED) is 0.545. The van der Waals surface area contributed by atoms with Crippen LogP contribution in [0.25, 0.3) is 0 Å². The topological polar surface area (TPSA) is 106 Å². The lowest BCUT2D eigenvalue weighted by Gasteiger charge is -2.23. The molecule has 4 N–H and O–H groups in total. The van der Waals surface area contributed by atoms with Crippen molar-refractivity contribution in [1.29, 1.82) is 0 Å². The van der Waals surface area contributed by atoms with E-state index in [1.54, 1.807) is 48.5 Å². The Bertz CT molecular complexity index is 1210. The lowest BCUT2D eigenvalue weighted by Crippen LogP contribution is -2.40. The van der Waals surface area contributed by atoms with Crippen LogP contribution < -0.4 is 20.5 Å². The molecule has 7 nitrogen and oxygen atoms in total. The normalized spacial score (nSPS) is 15.8. The molecule has 29 heavy (non-hydrogen) atoms. The summed E-state index contributed by atoms with van der Waals surface area (Å²) in [5, 5.41) is 3.42. The predicted octanol–water partition coefficient (Wildman–Crippen LogP) is 3.97. The third-order valence-corrected chi connectivity index (χ3v) is 5.87. The number of para-hydroxylation sites is 2. The Kier molecular flexibility index (Phi) is 5.04. The van der Waals surface area contributed by atoms with Gasteiger partial charge in [-0.05, 0) is 42.0 Å². The number of benzene rings is 3. The molecule has 0 unspecified atom stereocenters. The Morgan fingerprint density at radius 1 is 1.00 bits per heavy atom. The second kappa shape index (κ2) is 7.65. The first-order valence-electron chi connectivity index (χ1n) is 8.66. The van der Waals surface area contributed by atoms with Gasteiger partial charge >= 0.3 is 0 Å². The molecule has 0 aromatic heterocycles. The van der Waals surface area contributed by atoms with Gasteiger partial charge in [-0.25, -0.2) is 18.1 Å². The van der Waals surface area contributed by atoms with Crippen molar-refractivity contribution in [2.75, 3.05) is 11.1 Å². The van der Waals surface area contributed by atoms with Crippen molar-refractivity contribution < 1.29 is 13.2 Å². The van der Waals surface area contributed by atoms with E-state index in [0.29, 0.717) is 22.2 Å². The van der Waals surface area contributed by atoms with E-state index in [-0.39, 0.29) is 23.1 Å². The highest BCUT2D eigenvalue weighted by molar-refractivity contribution is 7.90. The van der Waals surface area contributed by atoms with Crippen LogP contribution in [0.1, 0.15) is 5.56 Å². The number of guanidine groups is 1. The lowest BCUT2D eigenvalue weighted by atomic mass is 10.2. The van der Waals surface area contributed by atoms with Gasteiger partial charge < -0.3 is 15.8 Å². The van der Waals surface area contributed by atoms with Crippen LogP contribution in [-0.4, -0.2) is 14.4 Å². The number of hydrogen-bond acceptors (Lipinski definition) is 5. The number of nitrogens with one attached hydrogen (secondary N) is 2. The van der Waals surface area contributed by atoms with E-state index in [9.17, 15) is 8.42 Å². The number of fused-ring (bicyclic) bond motifs is 1. The number of aliphatic imine (C=N–C) groups is 1. The number of nitrogen functional groups attached to an aromatic ring is 1. The molecule has 0 saturated heterocycles. The van der Waals surface area contributed by atoms with E-state index in [0.717, 1.165) is 5.56 Å². The van der Waals surface area contributed by atoms with Gasteiger partial charge in [0.1, 0.15) is 16.3 Å². The molecule has 0 atom stereocenters. The summed E-state index contributed by atoms with van der Waals surface area (Å²) < 4.78 is 33.7. The Morgan fingerprint density at radius 2 is 1.76 bits per heavy atom. The van der Waals surface area contributed by atoms with Gasteiger partial charge in [0.05, 0.1) is 11.6 Å². The molecule has 4 rings (SSSR count). The average Bonchev–Trinajstić information content (AvgIpc) is 2.68. The SMILES string of the molecule is Nc1cccc(CN=C2Nc3c(Oc4ccccc4Cl)cccc3S(=O)(=O)N2)c1. The van der Waals surface area contributed by atoms with Crippen molar-refractivity contribution in [2.24, 2.45) is 4.99 Å². The molecule has 0 spiro atoms. The third-order valence-electron chi connectivity index (χ3n) is 4.18. The molecule has 0 radical (unpaired) electrons. The molecular weight excluding hydrogens is 412 g/mol. The monoisotopic (exact) mass is 428 g/mol. The van der Waals surface area contributed by atoms with Gasteiger partial charge in [0.2, 0.25) is 5.96 Å². The van der Waals surface area contributed by atoms with Crippen molar-refractivity contribution in [3.05, 3.63) is 77.3 Å². The minimum Gasteiger partial charge on any atom is -0.454 e. The fourth-order valence-electron chi connectivity index (χ4n) is 2.85. The van der Waals surface area contributed by atoms with Gasteiger partial charge in [-0.15, -0.1) is 0 Å². The van der Waals surface area contributed by atoms with Crippen LogP contribution in [0.4, 0.5) is 11.4 Å². The van der Waals surface area contributed by atoms with E-state index in [4.69, 9.17) is 22.1 Å². The van der Waals surface area contributed by atoms with Crippen LogP contribution in [0.15, 0.2) is 76.6 Å². The van der Waals surface area contributed by atoms with Crippen LogP contribution in [-0.2, 0) is 16.6 Å². The van der Waals surface area contributed by atoms with E-state index in [2.05, 4.69) is 15.0 Å². The second-order valence-electron chi connectivity index (χ2n) is 6.30. The van der Waals surface area contributed by atoms with Gasteiger partial charge in [-0.2, -0.15) is 0 Å². The average molecular weight is 429 g/mol. The van der Waals surface area contributed by atoms with E-state index >= 15 is 0 Å². The smallest absolute Gasteiger partial charge is 0.266 e. The first-order chi connectivity index (χ1) is 13.9. The van der Waals surface area contributed by atoms with E-state index < -0.39 is 10.0 Å². The Labute approximate surface area is 173 Å². The Morgan fingerprint density at radius 3 is 2.55 bits per heavy atom. The van der Waals surface area contributed by atoms with E-state index in [1.165, 1.54) is 6.07 Å². The van der Waals surface area contributed by atoms with Gasteiger partial charge in [-0.3, -0.25) is 0 Å². The zero-order valence-electron chi connectivity index (χ0n) is 15.1. The van der Waals surface area contributed by atoms with Gasteiger partial charge in [0.15, 0.2) is 5.75 Å².